The molecule has 2 rings (SSSR count). The molecule has 0 saturated carbocycles. The van der Waals surface area contributed by atoms with Gasteiger partial charge in [-0.25, -0.2) is 4.79 Å². The van der Waals surface area contributed by atoms with Crippen molar-refractivity contribution >= 4 is 22.8 Å². The van der Waals surface area contributed by atoms with Crippen molar-refractivity contribution in [2.75, 3.05) is 0 Å². The predicted octanol–water partition coefficient (Wildman–Crippen LogP) is -0.721. The number of nitrogens with zero attached hydrogens (tertiary/aromatic N) is 1. The number of para-hydroxylation sites is 1. The van der Waals surface area contributed by atoms with E-state index in [1.165, 1.54) is 13.0 Å². The number of nitrogens with one attached hydrogen (secondary N) is 2. The molecule has 0 fully saturated rings. The van der Waals surface area contributed by atoms with Crippen molar-refractivity contribution < 1.29 is 14.7 Å². The number of hydrogen-bond donors (Lipinski definition) is 3. The molecule has 0 bridgehead atoms. The van der Waals surface area contributed by atoms with Crippen molar-refractivity contribution in [1.82, 2.24) is 14.9 Å². The number of fused-ring (bicyclic) bond motifs is 1. The van der Waals surface area contributed by atoms with Crippen LogP contribution in [0.3, 0.4) is 0 Å². The van der Waals surface area contributed by atoms with Gasteiger partial charge in [0.25, 0.3) is 5.56 Å². The number of H-pyrrole nitrogens is 1. The van der Waals surface area contributed by atoms with Crippen molar-refractivity contribution in [3.05, 3.63) is 45.1 Å². The summed E-state index contributed by atoms with van der Waals surface area (Å²) < 4.78 is 0.728. The molecule has 1 aromatic heterocycles. The Labute approximate surface area is 118 Å². The summed E-state index contributed by atoms with van der Waals surface area (Å²) in [7, 11) is 0. The molecule has 3 N–H and O–H groups in total. The number of carboxylic acid groups (broad SMARTS) is 1. The Kier molecular flexibility index (Phi) is 3.88. The van der Waals surface area contributed by atoms with Gasteiger partial charge in [-0.05, 0) is 19.1 Å². The highest BCUT2D eigenvalue weighted by Crippen LogP contribution is 2.02. The molecule has 8 heteroatoms. The van der Waals surface area contributed by atoms with Gasteiger partial charge in [0, 0.05) is 0 Å². The molecule has 0 radical (unpaired) electrons. The summed E-state index contributed by atoms with van der Waals surface area (Å²) in [6.45, 7) is 0.740. The first-order valence-electron chi connectivity index (χ1n) is 6.14. The number of hydrogen-bond acceptors (Lipinski definition) is 4. The van der Waals surface area contributed by atoms with E-state index in [0.29, 0.717) is 5.52 Å². The molecule has 1 heterocycles. The average molecular weight is 291 g/mol. The number of aromatic nitrogens is 2. The van der Waals surface area contributed by atoms with Crippen molar-refractivity contribution in [2.24, 2.45) is 0 Å². The summed E-state index contributed by atoms with van der Waals surface area (Å²) in [6, 6.07) is 5.31. The third-order valence-electron chi connectivity index (χ3n) is 2.94. The molecular formula is C13H13N3O5. The second-order valence-corrected chi connectivity index (χ2v) is 4.49. The van der Waals surface area contributed by atoms with Crippen LogP contribution in [0.25, 0.3) is 10.9 Å². The zero-order valence-corrected chi connectivity index (χ0v) is 11.1. The fourth-order valence-corrected chi connectivity index (χ4v) is 1.83. The van der Waals surface area contributed by atoms with Gasteiger partial charge in [-0.3, -0.25) is 19.0 Å². The van der Waals surface area contributed by atoms with Gasteiger partial charge in [0.15, 0.2) is 0 Å². The molecule has 110 valence electrons. The molecule has 1 atom stereocenters. The van der Waals surface area contributed by atoms with E-state index < -0.39 is 35.7 Å². The van der Waals surface area contributed by atoms with Crippen LogP contribution in [0.2, 0.25) is 0 Å². The maximum Gasteiger partial charge on any atom is 0.329 e. The van der Waals surface area contributed by atoms with Gasteiger partial charge in [0.2, 0.25) is 5.91 Å². The van der Waals surface area contributed by atoms with E-state index in [-0.39, 0.29) is 5.39 Å². The molecule has 0 aliphatic heterocycles. The minimum Gasteiger partial charge on any atom is -0.480 e. The van der Waals surface area contributed by atoms with Crippen LogP contribution in [0.1, 0.15) is 6.92 Å². The first-order chi connectivity index (χ1) is 9.90. The maximum atomic E-state index is 12.2. The molecule has 0 aliphatic carbocycles. The van der Waals surface area contributed by atoms with E-state index in [1.807, 2.05) is 0 Å². The second-order valence-electron chi connectivity index (χ2n) is 4.49. The Morgan fingerprint density at radius 1 is 1.33 bits per heavy atom. The highest BCUT2D eigenvalue weighted by atomic mass is 16.4. The van der Waals surface area contributed by atoms with Gasteiger partial charge in [-0.1, -0.05) is 12.1 Å². The predicted molar refractivity (Wildman–Crippen MR) is 74.1 cm³/mol. The largest absolute Gasteiger partial charge is 0.480 e. The van der Waals surface area contributed by atoms with Crippen LogP contribution in [0, 0.1) is 0 Å². The van der Waals surface area contributed by atoms with Crippen LogP contribution >= 0.6 is 0 Å². The topological polar surface area (TPSA) is 121 Å². The van der Waals surface area contributed by atoms with Crippen LogP contribution in [0.5, 0.6) is 0 Å². The Bertz CT molecular complexity index is 820. The standard InChI is InChI=1S/C13H13N3O5/c1-7(12(19)20)14-10(17)6-16-11(18)8-4-2-3-5-9(8)15-13(16)21/h2-5,7H,6H2,1H3,(H,14,17)(H,15,21)(H,19,20)/t7-/m0/s1. The third kappa shape index (κ3) is 2.99. The quantitative estimate of drug-likeness (QED) is 0.686. The summed E-state index contributed by atoms with van der Waals surface area (Å²) in [4.78, 5) is 48.8. The summed E-state index contributed by atoms with van der Waals surface area (Å²) >= 11 is 0. The minimum atomic E-state index is -1.21. The fourth-order valence-electron chi connectivity index (χ4n) is 1.83. The minimum absolute atomic E-state index is 0.274. The zero-order valence-electron chi connectivity index (χ0n) is 11.1. The number of carbonyl (C=O) groups is 2. The monoisotopic (exact) mass is 291 g/mol. The lowest BCUT2D eigenvalue weighted by Gasteiger charge is -2.10. The summed E-state index contributed by atoms with van der Waals surface area (Å²) in [6.07, 6.45) is 0. The Hall–Kier alpha value is -2.90. The fraction of sp³-hybridized carbons (Fsp3) is 0.231. The molecule has 2 aromatic rings. The molecule has 0 unspecified atom stereocenters. The molecule has 0 spiro atoms. The lowest BCUT2D eigenvalue weighted by molar-refractivity contribution is -0.141. The average Bonchev–Trinajstić information content (AvgIpc) is 2.43. The van der Waals surface area contributed by atoms with E-state index in [1.54, 1.807) is 18.2 Å². The number of aliphatic carboxylic acids is 1. The van der Waals surface area contributed by atoms with Crippen molar-refractivity contribution in [1.29, 1.82) is 0 Å². The zero-order chi connectivity index (χ0) is 15.6. The van der Waals surface area contributed by atoms with Gasteiger partial charge in [-0.2, -0.15) is 0 Å². The Morgan fingerprint density at radius 3 is 2.67 bits per heavy atom. The summed E-state index contributed by atoms with van der Waals surface area (Å²) in [5.41, 5.74) is -0.952. The maximum absolute atomic E-state index is 12.2. The van der Waals surface area contributed by atoms with Crippen molar-refractivity contribution in [3.8, 4) is 0 Å². The molecular weight excluding hydrogens is 278 g/mol. The molecule has 1 aromatic carbocycles. The highest BCUT2D eigenvalue weighted by Gasteiger charge is 2.16. The number of aromatic amines is 1. The van der Waals surface area contributed by atoms with Gasteiger partial charge in [0.1, 0.15) is 12.6 Å². The van der Waals surface area contributed by atoms with Crippen molar-refractivity contribution in [2.45, 2.75) is 19.5 Å². The van der Waals surface area contributed by atoms with Gasteiger partial charge < -0.3 is 15.4 Å². The number of carboxylic acids is 1. The lowest BCUT2D eigenvalue weighted by Crippen LogP contribution is -2.44. The first kappa shape index (κ1) is 14.5. The van der Waals surface area contributed by atoms with E-state index in [9.17, 15) is 19.2 Å². The van der Waals surface area contributed by atoms with Crippen LogP contribution < -0.4 is 16.6 Å². The molecule has 0 saturated heterocycles. The van der Waals surface area contributed by atoms with E-state index in [4.69, 9.17) is 5.11 Å². The molecule has 21 heavy (non-hydrogen) atoms. The second kappa shape index (κ2) is 5.61. The van der Waals surface area contributed by atoms with Gasteiger partial charge >= 0.3 is 11.7 Å². The first-order valence-corrected chi connectivity index (χ1v) is 6.14. The molecule has 0 aliphatic rings. The summed E-state index contributed by atoms with van der Waals surface area (Å²) in [5.74, 6) is -1.93. The third-order valence-corrected chi connectivity index (χ3v) is 2.94. The van der Waals surface area contributed by atoms with Gasteiger partial charge in [0.05, 0.1) is 10.9 Å². The molecule has 1 amide bonds. The summed E-state index contributed by atoms with van der Waals surface area (Å²) in [5, 5.41) is 11.1. The van der Waals surface area contributed by atoms with Crippen LogP contribution in [-0.2, 0) is 16.1 Å². The smallest absolute Gasteiger partial charge is 0.329 e. The van der Waals surface area contributed by atoms with E-state index >= 15 is 0 Å². The Morgan fingerprint density at radius 2 is 2.00 bits per heavy atom. The normalized spacial score (nSPS) is 12.0. The molecule has 8 nitrogen and oxygen atoms in total. The van der Waals surface area contributed by atoms with E-state index in [2.05, 4.69) is 10.3 Å². The number of amides is 1. The lowest BCUT2D eigenvalue weighted by atomic mass is 10.2. The van der Waals surface area contributed by atoms with Crippen LogP contribution in [0.15, 0.2) is 33.9 Å². The van der Waals surface area contributed by atoms with E-state index in [0.717, 1.165) is 4.57 Å². The van der Waals surface area contributed by atoms with Crippen molar-refractivity contribution in [3.63, 3.8) is 0 Å². The van der Waals surface area contributed by atoms with Crippen LogP contribution in [0.4, 0.5) is 0 Å². The van der Waals surface area contributed by atoms with Crippen LogP contribution in [-0.4, -0.2) is 32.6 Å². The number of carbonyl (C=O) groups excluding carboxylic acids is 1. The number of rotatable bonds is 4. The van der Waals surface area contributed by atoms with Gasteiger partial charge in [-0.15, -0.1) is 0 Å². The SMILES string of the molecule is C[C@H](NC(=O)Cn1c(=O)[nH]c2ccccc2c1=O)C(=O)O. The number of benzene rings is 1. The highest BCUT2D eigenvalue weighted by molar-refractivity contribution is 5.83. The Balaban J connectivity index is 2.35.